The highest BCUT2D eigenvalue weighted by Crippen LogP contribution is 2.36. The fourth-order valence-corrected chi connectivity index (χ4v) is 4.08. The van der Waals surface area contributed by atoms with Crippen LogP contribution in [0.2, 0.25) is 5.02 Å². The minimum atomic E-state index is -4.65. The molecular formula is C22H15ClF3N5O3S. The molecule has 0 bridgehead atoms. The van der Waals surface area contributed by atoms with E-state index < -0.39 is 22.8 Å². The van der Waals surface area contributed by atoms with Crippen molar-refractivity contribution in [3.8, 4) is 11.5 Å². The average Bonchev–Trinajstić information content (AvgIpc) is 3.20. The fraction of sp³-hybridized carbons (Fsp3) is 0.0909. The molecule has 0 atom stereocenters. The van der Waals surface area contributed by atoms with Gasteiger partial charge in [-0.25, -0.2) is 9.78 Å². The van der Waals surface area contributed by atoms with Gasteiger partial charge in [0.05, 0.1) is 20.8 Å². The first kappa shape index (κ1) is 24.2. The maximum atomic E-state index is 13.0. The Morgan fingerprint density at radius 1 is 1.03 bits per heavy atom. The van der Waals surface area contributed by atoms with E-state index in [1.807, 2.05) is 0 Å². The number of hydrogen-bond acceptors (Lipinski definition) is 6. The van der Waals surface area contributed by atoms with E-state index in [9.17, 15) is 22.8 Å². The summed E-state index contributed by atoms with van der Waals surface area (Å²) in [6.07, 6.45) is -3.21. The van der Waals surface area contributed by atoms with Crippen molar-refractivity contribution in [2.75, 3.05) is 17.7 Å². The van der Waals surface area contributed by atoms with Crippen LogP contribution in [0.4, 0.5) is 28.8 Å². The van der Waals surface area contributed by atoms with E-state index in [-0.39, 0.29) is 22.4 Å². The van der Waals surface area contributed by atoms with Crippen LogP contribution in [0.3, 0.4) is 0 Å². The number of ether oxygens (including phenoxy) is 1. The highest BCUT2D eigenvalue weighted by atomic mass is 35.5. The number of carbonyl (C=O) groups is 2. The standard InChI is InChI=1S/C22H15ClF3N5O3S/c1-27-19(32)17-9-13(6-7-28-17)34-12-3-5-16-18(10-12)35-21(30-16)31-20(33)29-11-2-4-15(23)14(8-11)22(24,25)26/h2-10H,1H3,(H,27,32)(H2,29,30,31,33). The second kappa shape index (κ2) is 9.76. The number of amides is 3. The smallest absolute Gasteiger partial charge is 0.417 e. The Bertz CT molecular complexity index is 1430. The monoisotopic (exact) mass is 521 g/mol. The molecule has 2 heterocycles. The number of hydrogen-bond donors (Lipinski definition) is 3. The third-order valence-electron chi connectivity index (χ3n) is 4.54. The molecule has 2 aromatic carbocycles. The summed E-state index contributed by atoms with van der Waals surface area (Å²) in [7, 11) is 1.50. The Morgan fingerprint density at radius 3 is 2.54 bits per heavy atom. The van der Waals surface area contributed by atoms with Crippen LogP contribution >= 0.6 is 22.9 Å². The molecule has 0 saturated heterocycles. The van der Waals surface area contributed by atoms with Gasteiger partial charge in [-0.1, -0.05) is 22.9 Å². The molecule has 3 amide bonds. The highest BCUT2D eigenvalue weighted by Gasteiger charge is 2.33. The molecule has 35 heavy (non-hydrogen) atoms. The minimum Gasteiger partial charge on any atom is -0.457 e. The lowest BCUT2D eigenvalue weighted by Crippen LogP contribution is -2.19. The van der Waals surface area contributed by atoms with Crippen LogP contribution in [0.5, 0.6) is 11.5 Å². The normalized spacial score (nSPS) is 11.2. The number of aromatic nitrogens is 2. The van der Waals surface area contributed by atoms with Gasteiger partial charge in [-0.3, -0.25) is 15.1 Å². The van der Waals surface area contributed by atoms with Gasteiger partial charge in [0.15, 0.2) is 5.13 Å². The highest BCUT2D eigenvalue weighted by molar-refractivity contribution is 7.22. The third kappa shape index (κ3) is 5.78. The zero-order chi connectivity index (χ0) is 25.2. The van der Waals surface area contributed by atoms with Crippen LogP contribution in [0.25, 0.3) is 10.2 Å². The molecular weight excluding hydrogens is 507 g/mol. The molecule has 0 unspecified atom stereocenters. The number of fused-ring (bicyclic) bond motifs is 1. The third-order valence-corrected chi connectivity index (χ3v) is 5.80. The molecule has 13 heteroatoms. The molecule has 0 saturated carbocycles. The zero-order valence-corrected chi connectivity index (χ0v) is 19.3. The number of thiazole rings is 1. The van der Waals surface area contributed by atoms with Gasteiger partial charge in [-0.05, 0) is 36.4 Å². The summed E-state index contributed by atoms with van der Waals surface area (Å²) >= 11 is 6.74. The van der Waals surface area contributed by atoms with Crippen LogP contribution in [-0.2, 0) is 6.18 Å². The van der Waals surface area contributed by atoms with E-state index in [2.05, 4.69) is 25.9 Å². The summed E-state index contributed by atoms with van der Waals surface area (Å²) in [5.41, 5.74) is -0.362. The van der Waals surface area contributed by atoms with Crippen molar-refractivity contribution >= 4 is 55.9 Å². The summed E-state index contributed by atoms with van der Waals surface area (Å²) in [5, 5.41) is 7.07. The SMILES string of the molecule is CNC(=O)c1cc(Oc2ccc3nc(NC(=O)Nc4ccc(Cl)c(C(F)(F)F)c4)sc3c2)ccn1. The Kier molecular flexibility index (Phi) is 6.76. The lowest BCUT2D eigenvalue weighted by molar-refractivity contribution is -0.137. The summed E-state index contributed by atoms with van der Waals surface area (Å²) < 4.78 is 45.5. The topological polar surface area (TPSA) is 105 Å². The molecule has 0 aliphatic heterocycles. The molecule has 4 rings (SSSR count). The number of rotatable bonds is 5. The van der Waals surface area contributed by atoms with E-state index >= 15 is 0 Å². The number of nitrogens with zero attached hydrogens (tertiary/aromatic N) is 2. The average molecular weight is 522 g/mol. The zero-order valence-electron chi connectivity index (χ0n) is 17.7. The second-order valence-corrected chi connectivity index (χ2v) is 8.42. The molecule has 2 aromatic heterocycles. The lowest BCUT2D eigenvalue weighted by atomic mass is 10.2. The van der Waals surface area contributed by atoms with Crippen molar-refractivity contribution in [3.63, 3.8) is 0 Å². The van der Waals surface area contributed by atoms with Gasteiger partial charge in [0.1, 0.15) is 17.2 Å². The molecule has 180 valence electrons. The van der Waals surface area contributed by atoms with Gasteiger partial charge in [-0.15, -0.1) is 0 Å². The van der Waals surface area contributed by atoms with Crippen molar-refractivity contribution in [2.24, 2.45) is 0 Å². The largest absolute Gasteiger partial charge is 0.457 e. The van der Waals surface area contributed by atoms with Crippen molar-refractivity contribution in [1.29, 1.82) is 0 Å². The van der Waals surface area contributed by atoms with Crippen molar-refractivity contribution in [3.05, 3.63) is 71.0 Å². The van der Waals surface area contributed by atoms with Crippen LogP contribution in [-0.4, -0.2) is 29.0 Å². The first-order valence-electron chi connectivity index (χ1n) is 9.84. The van der Waals surface area contributed by atoms with E-state index in [1.165, 1.54) is 25.4 Å². The maximum absolute atomic E-state index is 13.0. The molecule has 0 fully saturated rings. The van der Waals surface area contributed by atoms with E-state index in [0.29, 0.717) is 21.7 Å². The predicted molar refractivity (Wildman–Crippen MR) is 126 cm³/mol. The van der Waals surface area contributed by atoms with Gasteiger partial charge in [-0.2, -0.15) is 13.2 Å². The first-order valence-corrected chi connectivity index (χ1v) is 11.0. The Labute approximate surface area is 205 Å². The van der Waals surface area contributed by atoms with Crippen LogP contribution in [0.1, 0.15) is 16.1 Å². The number of halogens is 4. The number of carbonyl (C=O) groups excluding carboxylic acids is 2. The summed E-state index contributed by atoms with van der Waals surface area (Å²) in [6, 6.07) is 10.4. The number of anilines is 2. The minimum absolute atomic E-state index is 0.0792. The van der Waals surface area contributed by atoms with E-state index in [4.69, 9.17) is 16.3 Å². The number of benzene rings is 2. The summed E-state index contributed by atoms with van der Waals surface area (Å²) in [5.74, 6) is 0.518. The summed E-state index contributed by atoms with van der Waals surface area (Å²) in [4.78, 5) is 32.3. The van der Waals surface area contributed by atoms with Crippen molar-refractivity contribution in [2.45, 2.75) is 6.18 Å². The van der Waals surface area contributed by atoms with Crippen LogP contribution in [0, 0.1) is 0 Å². The number of alkyl halides is 3. The van der Waals surface area contributed by atoms with Crippen LogP contribution < -0.4 is 20.7 Å². The quantitative estimate of drug-likeness (QED) is 0.292. The second-order valence-electron chi connectivity index (χ2n) is 6.98. The Balaban J connectivity index is 1.46. The molecule has 0 spiro atoms. The lowest BCUT2D eigenvalue weighted by Gasteiger charge is -2.11. The predicted octanol–water partition coefficient (Wildman–Crippen LogP) is 6.16. The molecule has 4 aromatic rings. The molecule has 0 aliphatic carbocycles. The Morgan fingerprint density at radius 2 is 1.80 bits per heavy atom. The Hall–Kier alpha value is -3.90. The van der Waals surface area contributed by atoms with Gasteiger partial charge in [0.25, 0.3) is 5.91 Å². The van der Waals surface area contributed by atoms with E-state index in [0.717, 1.165) is 23.5 Å². The van der Waals surface area contributed by atoms with Crippen LogP contribution in [0.15, 0.2) is 54.7 Å². The molecule has 3 N–H and O–H groups in total. The maximum Gasteiger partial charge on any atom is 0.417 e. The van der Waals surface area contributed by atoms with Gasteiger partial charge in [0.2, 0.25) is 0 Å². The number of nitrogens with one attached hydrogen (secondary N) is 3. The fourth-order valence-electron chi connectivity index (χ4n) is 2.96. The summed E-state index contributed by atoms with van der Waals surface area (Å²) in [6.45, 7) is 0. The number of urea groups is 1. The van der Waals surface area contributed by atoms with Gasteiger partial charge in [0, 0.05) is 31.1 Å². The van der Waals surface area contributed by atoms with Crippen molar-refractivity contribution in [1.82, 2.24) is 15.3 Å². The molecule has 0 aliphatic rings. The number of pyridine rings is 1. The first-order chi connectivity index (χ1) is 16.6. The molecule has 0 radical (unpaired) electrons. The molecule has 8 nitrogen and oxygen atoms in total. The van der Waals surface area contributed by atoms with Gasteiger partial charge < -0.3 is 15.4 Å². The van der Waals surface area contributed by atoms with Gasteiger partial charge >= 0.3 is 12.2 Å². The van der Waals surface area contributed by atoms with E-state index in [1.54, 1.807) is 24.3 Å². The van der Waals surface area contributed by atoms with Crippen molar-refractivity contribution < 1.29 is 27.5 Å².